The Labute approximate surface area is 231 Å². The number of fused-ring (bicyclic) bond motifs is 1. The van der Waals surface area contributed by atoms with Gasteiger partial charge >= 0.3 is 6.09 Å². The van der Waals surface area contributed by atoms with Crippen LogP contribution in [-0.2, 0) is 24.2 Å². The van der Waals surface area contributed by atoms with Gasteiger partial charge in [0.25, 0.3) is 5.91 Å². The van der Waals surface area contributed by atoms with Gasteiger partial charge in [0.2, 0.25) is 0 Å². The van der Waals surface area contributed by atoms with E-state index >= 15 is 0 Å². The fourth-order valence-corrected chi connectivity index (χ4v) is 5.68. The van der Waals surface area contributed by atoms with Crippen LogP contribution in [0.3, 0.4) is 0 Å². The maximum Gasteiger partial charge on any atom is 0.410 e. The number of rotatable bonds is 10. The van der Waals surface area contributed by atoms with Crippen molar-refractivity contribution in [2.45, 2.75) is 26.4 Å². The van der Waals surface area contributed by atoms with Crippen molar-refractivity contribution in [2.75, 3.05) is 52.2 Å². The van der Waals surface area contributed by atoms with E-state index in [9.17, 15) is 9.59 Å². The van der Waals surface area contributed by atoms with E-state index in [-0.39, 0.29) is 12.0 Å². The summed E-state index contributed by atoms with van der Waals surface area (Å²) in [6, 6.07) is 10.8. The Balaban J connectivity index is 1.67. The molecule has 2 amide bonds. The molecule has 0 fully saturated rings. The third-order valence-electron chi connectivity index (χ3n) is 6.39. The molecule has 0 bridgehead atoms. The van der Waals surface area contributed by atoms with E-state index in [0.29, 0.717) is 71.9 Å². The van der Waals surface area contributed by atoms with E-state index in [0.717, 1.165) is 16.0 Å². The fourth-order valence-electron chi connectivity index (χ4n) is 4.42. The summed E-state index contributed by atoms with van der Waals surface area (Å²) in [7, 11) is 6.33. The highest BCUT2D eigenvalue weighted by molar-refractivity contribution is 7.16. The lowest BCUT2D eigenvalue weighted by Crippen LogP contribution is -2.36. The van der Waals surface area contributed by atoms with Crippen molar-refractivity contribution < 1.29 is 33.3 Å². The molecule has 11 heteroatoms. The Hall–Kier alpha value is -4.12. The molecule has 1 aliphatic heterocycles. The van der Waals surface area contributed by atoms with Crippen LogP contribution in [0.2, 0.25) is 0 Å². The number of nitrogens with zero attached hydrogens (tertiary/aromatic N) is 1. The van der Waals surface area contributed by atoms with E-state index in [1.54, 1.807) is 51.4 Å². The van der Waals surface area contributed by atoms with Gasteiger partial charge in [-0.3, -0.25) is 4.79 Å². The topological polar surface area (TPSA) is 108 Å². The van der Waals surface area contributed by atoms with Crippen LogP contribution in [0.15, 0.2) is 36.4 Å². The van der Waals surface area contributed by atoms with E-state index in [4.69, 9.17) is 23.7 Å². The summed E-state index contributed by atoms with van der Waals surface area (Å²) in [5.74, 6) is 2.22. The number of nitrogens with one attached hydrogen (secondary N) is 2. The van der Waals surface area contributed by atoms with E-state index in [2.05, 4.69) is 10.6 Å². The average Bonchev–Trinajstić information content (AvgIpc) is 3.33. The summed E-state index contributed by atoms with van der Waals surface area (Å²) >= 11 is 1.45. The van der Waals surface area contributed by atoms with Crippen molar-refractivity contribution in [1.82, 2.24) is 4.90 Å². The van der Waals surface area contributed by atoms with Crippen LogP contribution in [0.25, 0.3) is 0 Å². The zero-order chi connectivity index (χ0) is 27.9. The predicted octanol–water partition coefficient (Wildman–Crippen LogP) is 5.16. The standard InChI is InChI=1S/C28H33N3O7S/c1-6-38-28(33)31-12-11-20-24(16-31)39-27(29-15-17-13-18(34-2)8-10-22(17)36-4)25(20)26(32)30-21-9-7-19(35-3)14-23(21)37-5/h7-10,13-14,29H,6,11-12,15-16H2,1-5H3,(H,30,32). The molecule has 0 aliphatic carbocycles. The lowest BCUT2D eigenvalue weighted by molar-refractivity contribution is 0.102. The summed E-state index contributed by atoms with van der Waals surface area (Å²) in [4.78, 5) is 28.8. The first-order chi connectivity index (χ1) is 18.9. The van der Waals surface area contributed by atoms with Gasteiger partial charge in [0, 0.05) is 29.6 Å². The second-order valence-electron chi connectivity index (χ2n) is 8.63. The Morgan fingerprint density at radius 3 is 2.36 bits per heavy atom. The largest absolute Gasteiger partial charge is 0.497 e. The van der Waals surface area contributed by atoms with E-state index < -0.39 is 0 Å². The fraction of sp³-hybridized carbons (Fsp3) is 0.357. The third kappa shape index (κ3) is 6.14. The second kappa shape index (κ2) is 12.6. The summed E-state index contributed by atoms with van der Waals surface area (Å²) in [5.41, 5.74) is 2.84. The molecule has 2 aromatic carbocycles. The summed E-state index contributed by atoms with van der Waals surface area (Å²) in [5, 5.41) is 7.12. The molecule has 4 rings (SSSR count). The zero-order valence-corrected chi connectivity index (χ0v) is 23.5. The van der Waals surface area contributed by atoms with Crippen molar-refractivity contribution in [3.63, 3.8) is 0 Å². The number of amides is 2. The van der Waals surface area contributed by atoms with Gasteiger partial charge in [0.05, 0.1) is 52.8 Å². The van der Waals surface area contributed by atoms with E-state index in [1.165, 1.54) is 18.4 Å². The molecule has 1 aliphatic rings. The molecule has 0 atom stereocenters. The quantitative estimate of drug-likeness (QED) is 0.353. The van der Waals surface area contributed by atoms with Crippen LogP contribution < -0.4 is 29.6 Å². The minimum atomic E-state index is -0.360. The molecule has 1 aromatic heterocycles. The lowest BCUT2D eigenvalue weighted by Gasteiger charge is -2.26. The molecule has 0 radical (unpaired) electrons. The highest BCUT2D eigenvalue weighted by atomic mass is 32.1. The van der Waals surface area contributed by atoms with Gasteiger partial charge < -0.3 is 39.2 Å². The van der Waals surface area contributed by atoms with Crippen molar-refractivity contribution in [3.05, 3.63) is 58.0 Å². The Bertz CT molecular complexity index is 1340. The van der Waals surface area contributed by atoms with Crippen LogP contribution in [0.1, 0.15) is 33.3 Å². The molecule has 10 nitrogen and oxygen atoms in total. The number of hydrogen-bond donors (Lipinski definition) is 2. The smallest absolute Gasteiger partial charge is 0.410 e. The maximum atomic E-state index is 13.8. The highest BCUT2D eigenvalue weighted by Gasteiger charge is 2.30. The molecule has 208 valence electrons. The van der Waals surface area contributed by atoms with Crippen molar-refractivity contribution in [1.29, 1.82) is 0 Å². The van der Waals surface area contributed by atoms with Gasteiger partial charge in [-0.25, -0.2) is 4.79 Å². The van der Waals surface area contributed by atoms with Crippen molar-refractivity contribution in [3.8, 4) is 23.0 Å². The molecule has 0 saturated heterocycles. The predicted molar refractivity (Wildman–Crippen MR) is 150 cm³/mol. The Morgan fingerprint density at radius 1 is 0.949 bits per heavy atom. The van der Waals surface area contributed by atoms with Gasteiger partial charge in [-0.05, 0) is 49.2 Å². The SMILES string of the molecule is CCOC(=O)N1CCc2c(sc(NCc3cc(OC)ccc3OC)c2C(=O)Nc2ccc(OC)cc2OC)C1. The number of benzene rings is 2. The van der Waals surface area contributed by atoms with Gasteiger partial charge in [0.1, 0.15) is 28.0 Å². The van der Waals surface area contributed by atoms with Crippen LogP contribution in [0.4, 0.5) is 15.5 Å². The number of anilines is 2. The van der Waals surface area contributed by atoms with E-state index in [1.807, 2.05) is 18.2 Å². The first kappa shape index (κ1) is 27.9. The molecule has 2 N–H and O–H groups in total. The number of carbonyl (C=O) groups is 2. The normalized spacial score (nSPS) is 12.3. The molecule has 39 heavy (non-hydrogen) atoms. The molecule has 3 aromatic rings. The van der Waals surface area contributed by atoms with Crippen molar-refractivity contribution in [2.24, 2.45) is 0 Å². The Morgan fingerprint density at radius 2 is 1.67 bits per heavy atom. The number of thiophene rings is 1. The van der Waals surface area contributed by atoms with Gasteiger partial charge in [0.15, 0.2) is 0 Å². The van der Waals surface area contributed by atoms with Crippen molar-refractivity contribution >= 4 is 34.0 Å². The first-order valence-corrected chi connectivity index (χ1v) is 13.3. The molecular formula is C28H33N3O7S. The minimum Gasteiger partial charge on any atom is -0.497 e. The summed E-state index contributed by atoms with van der Waals surface area (Å²) in [6.07, 6.45) is 0.165. The molecule has 0 unspecified atom stereocenters. The third-order valence-corrected chi connectivity index (χ3v) is 7.57. The molecule has 0 spiro atoms. The zero-order valence-electron chi connectivity index (χ0n) is 22.7. The molecule has 2 heterocycles. The highest BCUT2D eigenvalue weighted by Crippen LogP contribution is 2.39. The summed E-state index contributed by atoms with van der Waals surface area (Å²) < 4.78 is 26.9. The van der Waals surface area contributed by atoms with Crippen LogP contribution in [-0.4, -0.2) is 58.5 Å². The number of ether oxygens (including phenoxy) is 5. The average molecular weight is 556 g/mol. The second-order valence-corrected chi connectivity index (χ2v) is 9.74. The van der Waals surface area contributed by atoms with Crippen LogP contribution in [0.5, 0.6) is 23.0 Å². The molecule has 0 saturated carbocycles. The van der Waals surface area contributed by atoms with Crippen LogP contribution in [0, 0.1) is 0 Å². The number of carbonyl (C=O) groups excluding carboxylic acids is 2. The van der Waals surface area contributed by atoms with Gasteiger partial charge in [-0.15, -0.1) is 11.3 Å². The van der Waals surface area contributed by atoms with Gasteiger partial charge in [-0.1, -0.05) is 0 Å². The lowest BCUT2D eigenvalue weighted by atomic mass is 10.0. The monoisotopic (exact) mass is 555 g/mol. The van der Waals surface area contributed by atoms with Gasteiger partial charge in [-0.2, -0.15) is 0 Å². The maximum absolute atomic E-state index is 13.8. The first-order valence-electron chi connectivity index (χ1n) is 12.5. The number of hydrogen-bond acceptors (Lipinski definition) is 9. The van der Waals surface area contributed by atoms with Crippen LogP contribution >= 0.6 is 11.3 Å². The minimum absolute atomic E-state index is 0.277. The summed E-state index contributed by atoms with van der Waals surface area (Å²) in [6.45, 7) is 3.31. The molecular weight excluding hydrogens is 522 g/mol. The Kier molecular flexibility index (Phi) is 9.03. The number of methoxy groups -OCH3 is 4.